The summed E-state index contributed by atoms with van der Waals surface area (Å²) < 4.78 is 3.90. The van der Waals surface area contributed by atoms with Crippen LogP contribution in [-0.4, -0.2) is 25.5 Å². The van der Waals surface area contributed by atoms with Gasteiger partial charge < -0.3 is 5.32 Å². The van der Waals surface area contributed by atoms with Crippen molar-refractivity contribution < 1.29 is 4.79 Å². The van der Waals surface area contributed by atoms with E-state index in [9.17, 15) is 4.79 Å². The van der Waals surface area contributed by atoms with Gasteiger partial charge in [0.15, 0.2) is 0 Å². The second kappa shape index (κ2) is 7.26. The first-order valence-electron chi connectivity index (χ1n) is 9.84. The highest BCUT2D eigenvalue weighted by Gasteiger charge is 2.32. The van der Waals surface area contributed by atoms with Gasteiger partial charge in [-0.25, -0.2) is 0 Å². The maximum atomic E-state index is 12.6. The molecule has 146 valence electrons. The molecular formula is C22H27N5O. The first kappa shape index (κ1) is 18.5. The summed E-state index contributed by atoms with van der Waals surface area (Å²) in [6.07, 6.45) is 6.14. The number of nitrogens with one attached hydrogen (secondary N) is 1. The summed E-state index contributed by atoms with van der Waals surface area (Å²) in [5.41, 5.74) is 3.71. The van der Waals surface area contributed by atoms with E-state index < -0.39 is 0 Å². The second-order valence-corrected chi connectivity index (χ2v) is 8.53. The van der Waals surface area contributed by atoms with Crippen LogP contribution in [0.3, 0.4) is 0 Å². The average Bonchev–Trinajstić information content (AvgIpc) is 3.24. The summed E-state index contributed by atoms with van der Waals surface area (Å²) in [6, 6.07) is 12.2. The molecule has 1 fully saturated rings. The zero-order valence-corrected chi connectivity index (χ0v) is 16.7. The molecule has 2 aromatic heterocycles. The molecule has 6 heteroatoms. The summed E-state index contributed by atoms with van der Waals surface area (Å²) in [7, 11) is 0. The van der Waals surface area contributed by atoms with Crippen LogP contribution in [0, 0.1) is 0 Å². The van der Waals surface area contributed by atoms with Gasteiger partial charge in [0.05, 0.1) is 18.3 Å². The van der Waals surface area contributed by atoms with E-state index in [-0.39, 0.29) is 11.4 Å². The van der Waals surface area contributed by atoms with E-state index in [0.717, 1.165) is 12.1 Å². The number of aromatic nitrogens is 4. The average molecular weight is 377 g/mol. The number of benzene rings is 1. The summed E-state index contributed by atoms with van der Waals surface area (Å²) >= 11 is 0. The lowest BCUT2D eigenvalue weighted by Crippen LogP contribution is -2.27. The normalized spacial score (nSPS) is 14.2. The van der Waals surface area contributed by atoms with E-state index >= 15 is 0 Å². The standard InChI is InChI=1S/C22H27N5O/c1-22(2,3)27-20(18-9-10-18)11-19(25-27)21(28)23-12-17-13-24-26(15-17)14-16-7-5-4-6-8-16/h4-8,11,13,15,18H,9-10,12,14H2,1-3H3,(H,23,28). The molecule has 0 bridgehead atoms. The minimum absolute atomic E-state index is 0.130. The Hall–Kier alpha value is -2.89. The van der Waals surface area contributed by atoms with Gasteiger partial charge >= 0.3 is 0 Å². The van der Waals surface area contributed by atoms with Crippen LogP contribution in [0.2, 0.25) is 0 Å². The fourth-order valence-corrected chi connectivity index (χ4v) is 3.34. The first-order valence-corrected chi connectivity index (χ1v) is 9.84. The largest absolute Gasteiger partial charge is 0.346 e. The Morgan fingerprint density at radius 1 is 1.18 bits per heavy atom. The topological polar surface area (TPSA) is 64.7 Å². The number of carbonyl (C=O) groups excluding carboxylic acids is 1. The molecule has 0 radical (unpaired) electrons. The fourth-order valence-electron chi connectivity index (χ4n) is 3.34. The molecule has 2 heterocycles. The Bertz CT molecular complexity index is 960. The van der Waals surface area contributed by atoms with Gasteiger partial charge in [-0.3, -0.25) is 14.2 Å². The van der Waals surface area contributed by atoms with Crippen molar-refractivity contribution in [1.29, 1.82) is 0 Å². The lowest BCUT2D eigenvalue weighted by atomic mass is 10.1. The molecule has 0 aliphatic heterocycles. The van der Waals surface area contributed by atoms with E-state index in [0.29, 0.717) is 18.2 Å². The van der Waals surface area contributed by atoms with Crippen LogP contribution in [0.1, 0.15) is 66.8 Å². The summed E-state index contributed by atoms with van der Waals surface area (Å²) in [6.45, 7) is 7.52. The SMILES string of the molecule is CC(C)(C)n1nc(C(=O)NCc2cnn(Cc3ccccc3)c2)cc1C1CC1. The van der Waals surface area contributed by atoms with E-state index in [1.165, 1.54) is 24.1 Å². The van der Waals surface area contributed by atoms with Gasteiger partial charge in [0.25, 0.3) is 5.91 Å². The van der Waals surface area contributed by atoms with Crippen LogP contribution in [-0.2, 0) is 18.6 Å². The van der Waals surface area contributed by atoms with Crippen molar-refractivity contribution in [3.05, 3.63) is 71.3 Å². The van der Waals surface area contributed by atoms with Crippen molar-refractivity contribution >= 4 is 5.91 Å². The molecule has 1 aromatic carbocycles. The van der Waals surface area contributed by atoms with Gasteiger partial charge in [-0.15, -0.1) is 0 Å². The van der Waals surface area contributed by atoms with Crippen molar-refractivity contribution in [1.82, 2.24) is 24.9 Å². The molecule has 4 rings (SSSR count). The van der Waals surface area contributed by atoms with Crippen molar-refractivity contribution in [2.45, 2.75) is 58.2 Å². The van der Waals surface area contributed by atoms with Gasteiger partial charge in [-0.2, -0.15) is 10.2 Å². The Morgan fingerprint density at radius 2 is 1.93 bits per heavy atom. The molecule has 0 unspecified atom stereocenters. The zero-order chi connectivity index (χ0) is 19.7. The first-order chi connectivity index (χ1) is 13.4. The highest BCUT2D eigenvalue weighted by molar-refractivity contribution is 5.92. The van der Waals surface area contributed by atoms with Crippen molar-refractivity contribution in [2.75, 3.05) is 0 Å². The highest BCUT2D eigenvalue weighted by Crippen LogP contribution is 2.41. The maximum absolute atomic E-state index is 12.6. The summed E-state index contributed by atoms with van der Waals surface area (Å²) in [5, 5.41) is 12.0. The van der Waals surface area contributed by atoms with Gasteiger partial charge in [0.2, 0.25) is 0 Å². The molecule has 1 aliphatic carbocycles. The lowest BCUT2D eigenvalue weighted by molar-refractivity contribution is 0.0944. The molecule has 6 nitrogen and oxygen atoms in total. The van der Waals surface area contributed by atoms with Crippen LogP contribution in [0.5, 0.6) is 0 Å². The molecule has 0 saturated heterocycles. The van der Waals surface area contributed by atoms with Crippen LogP contribution in [0.15, 0.2) is 48.8 Å². The smallest absolute Gasteiger partial charge is 0.272 e. The van der Waals surface area contributed by atoms with Gasteiger partial charge in [0, 0.05) is 29.9 Å². The molecule has 0 atom stereocenters. The van der Waals surface area contributed by atoms with E-state index in [1.54, 1.807) is 6.20 Å². The number of nitrogens with zero attached hydrogens (tertiary/aromatic N) is 4. The van der Waals surface area contributed by atoms with Gasteiger partial charge in [-0.05, 0) is 45.2 Å². The van der Waals surface area contributed by atoms with Crippen molar-refractivity contribution in [2.24, 2.45) is 0 Å². The Kier molecular flexibility index (Phi) is 4.79. The van der Waals surface area contributed by atoms with Crippen LogP contribution in [0.4, 0.5) is 0 Å². The number of carbonyl (C=O) groups is 1. The third kappa shape index (κ3) is 4.16. The molecule has 0 spiro atoms. The van der Waals surface area contributed by atoms with E-state index in [2.05, 4.69) is 48.4 Å². The molecule has 28 heavy (non-hydrogen) atoms. The van der Waals surface area contributed by atoms with Gasteiger partial charge in [0.1, 0.15) is 5.69 Å². The Balaban J connectivity index is 1.40. The lowest BCUT2D eigenvalue weighted by Gasteiger charge is -2.22. The number of hydrogen-bond donors (Lipinski definition) is 1. The number of rotatable bonds is 6. The molecule has 1 N–H and O–H groups in total. The van der Waals surface area contributed by atoms with E-state index in [1.807, 2.05) is 39.8 Å². The predicted octanol–water partition coefficient (Wildman–Crippen LogP) is 3.69. The summed E-state index contributed by atoms with van der Waals surface area (Å²) in [4.78, 5) is 12.6. The second-order valence-electron chi connectivity index (χ2n) is 8.53. The predicted molar refractivity (Wildman–Crippen MR) is 108 cm³/mol. The molecule has 1 aliphatic rings. The van der Waals surface area contributed by atoms with Crippen LogP contribution < -0.4 is 5.32 Å². The molecular weight excluding hydrogens is 350 g/mol. The maximum Gasteiger partial charge on any atom is 0.272 e. The van der Waals surface area contributed by atoms with Crippen LogP contribution >= 0.6 is 0 Å². The van der Waals surface area contributed by atoms with Gasteiger partial charge in [-0.1, -0.05) is 30.3 Å². The van der Waals surface area contributed by atoms with Crippen molar-refractivity contribution in [3.63, 3.8) is 0 Å². The number of amides is 1. The zero-order valence-electron chi connectivity index (χ0n) is 16.7. The third-order valence-electron chi connectivity index (χ3n) is 4.93. The molecule has 3 aromatic rings. The fraction of sp³-hybridized carbons (Fsp3) is 0.409. The minimum atomic E-state index is -0.138. The van der Waals surface area contributed by atoms with Crippen LogP contribution in [0.25, 0.3) is 0 Å². The Labute approximate surface area is 165 Å². The molecule has 1 amide bonds. The monoisotopic (exact) mass is 377 g/mol. The van der Waals surface area contributed by atoms with Crippen molar-refractivity contribution in [3.8, 4) is 0 Å². The number of hydrogen-bond acceptors (Lipinski definition) is 3. The minimum Gasteiger partial charge on any atom is -0.346 e. The quantitative estimate of drug-likeness (QED) is 0.712. The molecule has 1 saturated carbocycles. The Morgan fingerprint density at radius 3 is 2.61 bits per heavy atom. The highest BCUT2D eigenvalue weighted by atomic mass is 16.1. The summed E-state index contributed by atoms with van der Waals surface area (Å²) in [5.74, 6) is 0.408. The van der Waals surface area contributed by atoms with E-state index in [4.69, 9.17) is 0 Å². The third-order valence-corrected chi connectivity index (χ3v) is 4.93.